The number of aliphatic carboxylic acids is 1. The van der Waals surface area contributed by atoms with Gasteiger partial charge in [0.05, 0.1) is 11.5 Å². The Balaban J connectivity index is 1.74. The molecule has 1 N–H and O–H groups in total. The van der Waals surface area contributed by atoms with Crippen molar-refractivity contribution >= 4 is 23.5 Å². The van der Waals surface area contributed by atoms with Crippen molar-refractivity contribution in [2.24, 2.45) is 5.92 Å². The number of benzene rings is 2. The molecule has 3 rings (SSSR count). The lowest BCUT2D eigenvalue weighted by atomic mass is 10.1. The Morgan fingerprint density at radius 3 is 2.60 bits per heavy atom. The SMILES string of the molecule is O=C(O)C1CCN(C(=O)c2ccccc2OCc2ccccc2Cl)C1. The van der Waals surface area contributed by atoms with E-state index in [2.05, 4.69) is 0 Å². The summed E-state index contributed by atoms with van der Waals surface area (Å²) in [5.74, 6) is -1.11. The van der Waals surface area contributed by atoms with E-state index in [0.717, 1.165) is 5.56 Å². The smallest absolute Gasteiger partial charge is 0.308 e. The number of hydrogen-bond acceptors (Lipinski definition) is 3. The maximum atomic E-state index is 12.7. The molecule has 0 aliphatic carbocycles. The first kappa shape index (κ1) is 17.3. The number of amides is 1. The number of carbonyl (C=O) groups is 2. The third-order valence-electron chi connectivity index (χ3n) is 4.28. The van der Waals surface area contributed by atoms with Gasteiger partial charge >= 0.3 is 5.97 Å². The minimum Gasteiger partial charge on any atom is -0.488 e. The average Bonchev–Trinajstić information content (AvgIpc) is 3.11. The van der Waals surface area contributed by atoms with Gasteiger partial charge in [-0.1, -0.05) is 41.9 Å². The topological polar surface area (TPSA) is 66.8 Å². The predicted molar refractivity (Wildman–Crippen MR) is 93.9 cm³/mol. The summed E-state index contributed by atoms with van der Waals surface area (Å²) >= 11 is 6.13. The second-order valence-electron chi connectivity index (χ2n) is 5.95. The summed E-state index contributed by atoms with van der Waals surface area (Å²) in [4.78, 5) is 25.4. The van der Waals surface area contributed by atoms with Crippen molar-refractivity contribution in [3.05, 3.63) is 64.7 Å². The van der Waals surface area contributed by atoms with Crippen LogP contribution < -0.4 is 4.74 Å². The lowest BCUT2D eigenvalue weighted by Gasteiger charge is -2.18. The monoisotopic (exact) mass is 359 g/mol. The van der Waals surface area contributed by atoms with Crippen LogP contribution in [0.15, 0.2) is 48.5 Å². The van der Waals surface area contributed by atoms with Gasteiger partial charge in [0.2, 0.25) is 0 Å². The molecule has 0 aromatic heterocycles. The van der Waals surface area contributed by atoms with Gasteiger partial charge in [-0.2, -0.15) is 0 Å². The number of para-hydroxylation sites is 1. The Labute approximate surface area is 150 Å². The summed E-state index contributed by atoms with van der Waals surface area (Å²) in [6.45, 7) is 0.920. The molecule has 1 unspecified atom stereocenters. The predicted octanol–water partition coefficient (Wildman–Crippen LogP) is 3.47. The molecule has 0 spiro atoms. The molecule has 5 nitrogen and oxygen atoms in total. The van der Waals surface area contributed by atoms with Crippen LogP contribution in [0.2, 0.25) is 5.02 Å². The van der Waals surface area contributed by atoms with Crippen LogP contribution in [-0.2, 0) is 11.4 Å². The highest BCUT2D eigenvalue weighted by molar-refractivity contribution is 6.31. The molecule has 0 bridgehead atoms. The van der Waals surface area contributed by atoms with Gasteiger partial charge in [-0.05, 0) is 24.6 Å². The molecular formula is C19H18ClNO4. The van der Waals surface area contributed by atoms with Gasteiger partial charge in [0, 0.05) is 23.7 Å². The Morgan fingerprint density at radius 2 is 1.88 bits per heavy atom. The van der Waals surface area contributed by atoms with Crippen molar-refractivity contribution in [3.8, 4) is 5.75 Å². The number of hydrogen-bond donors (Lipinski definition) is 1. The maximum Gasteiger partial charge on any atom is 0.308 e. The normalized spacial score (nSPS) is 16.7. The quantitative estimate of drug-likeness (QED) is 0.887. The molecule has 1 atom stereocenters. The van der Waals surface area contributed by atoms with E-state index in [1.807, 2.05) is 18.2 Å². The molecule has 2 aromatic rings. The molecule has 1 heterocycles. The number of carboxylic acid groups (broad SMARTS) is 1. The van der Waals surface area contributed by atoms with Crippen molar-refractivity contribution in [2.75, 3.05) is 13.1 Å². The number of likely N-dealkylation sites (tertiary alicyclic amines) is 1. The van der Waals surface area contributed by atoms with E-state index >= 15 is 0 Å². The van der Waals surface area contributed by atoms with Crippen LogP contribution in [0.1, 0.15) is 22.3 Å². The molecule has 6 heteroatoms. The fourth-order valence-electron chi connectivity index (χ4n) is 2.86. The third kappa shape index (κ3) is 3.94. The zero-order valence-electron chi connectivity index (χ0n) is 13.5. The highest BCUT2D eigenvalue weighted by Gasteiger charge is 2.32. The minimum absolute atomic E-state index is 0.210. The maximum absolute atomic E-state index is 12.7. The highest BCUT2D eigenvalue weighted by atomic mass is 35.5. The molecule has 1 aliphatic rings. The van der Waals surface area contributed by atoms with E-state index in [9.17, 15) is 9.59 Å². The molecule has 2 aromatic carbocycles. The number of nitrogens with zero attached hydrogens (tertiary/aromatic N) is 1. The second-order valence-corrected chi connectivity index (χ2v) is 6.36. The fourth-order valence-corrected chi connectivity index (χ4v) is 3.05. The zero-order chi connectivity index (χ0) is 17.8. The molecule has 130 valence electrons. The first-order valence-corrected chi connectivity index (χ1v) is 8.41. The molecule has 1 amide bonds. The summed E-state index contributed by atoms with van der Waals surface area (Å²) in [5.41, 5.74) is 1.26. The van der Waals surface area contributed by atoms with Crippen LogP contribution in [0.3, 0.4) is 0 Å². The van der Waals surface area contributed by atoms with Gasteiger partial charge in [0.1, 0.15) is 12.4 Å². The Kier molecular flexibility index (Phi) is 5.24. The Bertz CT molecular complexity index is 792. The van der Waals surface area contributed by atoms with Gasteiger partial charge in [-0.3, -0.25) is 9.59 Å². The lowest BCUT2D eigenvalue weighted by molar-refractivity contribution is -0.141. The van der Waals surface area contributed by atoms with Gasteiger partial charge < -0.3 is 14.7 Å². The van der Waals surface area contributed by atoms with E-state index in [0.29, 0.717) is 29.3 Å². The van der Waals surface area contributed by atoms with Crippen molar-refractivity contribution in [2.45, 2.75) is 13.0 Å². The standard InChI is InChI=1S/C19H18ClNO4/c20-16-7-3-1-5-14(16)12-25-17-8-4-2-6-15(17)18(22)21-10-9-13(11-21)19(23)24/h1-8,13H,9-12H2,(H,23,24). The summed E-state index contributed by atoms with van der Waals surface area (Å²) in [6, 6.07) is 14.3. The first-order valence-electron chi connectivity index (χ1n) is 8.03. The first-order chi connectivity index (χ1) is 12.1. The Morgan fingerprint density at radius 1 is 1.16 bits per heavy atom. The number of halogens is 1. The molecule has 0 radical (unpaired) electrons. The molecule has 1 fully saturated rings. The molecular weight excluding hydrogens is 342 g/mol. The van der Waals surface area contributed by atoms with E-state index < -0.39 is 11.9 Å². The van der Waals surface area contributed by atoms with Crippen molar-refractivity contribution in [3.63, 3.8) is 0 Å². The molecule has 0 saturated carbocycles. The van der Waals surface area contributed by atoms with E-state index in [1.165, 1.54) is 0 Å². The van der Waals surface area contributed by atoms with Crippen LogP contribution in [0.25, 0.3) is 0 Å². The van der Waals surface area contributed by atoms with Gasteiger partial charge in [-0.25, -0.2) is 0 Å². The van der Waals surface area contributed by atoms with Crippen LogP contribution >= 0.6 is 11.6 Å². The number of rotatable bonds is 5. The summed E-state index contributed by atoms with van der Waals surface area (Å²) in [6.07, 6.45) is 0.476. The molecule has 25 heavy (non-hydrogen) atoms. The lowest BCUT2D eigenvalue weighted by Crippen LogP contribution is -2.30. The third-order valence-corrected chi connectivity index (χ3v) is 4.65. The van der Waals surface area contributed by atoms with Crippen LogP contribution in [0, 0.1) is 5.92 Å². The van der Waals surface area contributed by atoms with Crippen molar-refractivity contribution in [1.82, 2.24) is 4.90 Å². The number of carbonyl (C=O) groups excluding carboxylic acids is 1. The zero-order valence-corrected chi connectivity index (χ0v) is 14.3. The summed E-state index contributed by atoms with van der Waals surface area (Å²) in [7, 11) is 0. The number of ether oxygens (including phenoxy) is 1. The Hall–Kier alpha value is -2.53. The van der Waals surface area contributed by atoms with Gasteiger partial charge in [0.25, 0.3) is 5.91 Å². The van der Waals surface area contributed by atoms with Crippen molar-refractivity contribution < 1.29 is 19.4 Å². The fraction of sp³-hybridized carbons (Fsp3) is 0.263. The van der Waals surface area contributed by atoms with Gasteiger partial charge in [-0.15, -0.1) is 0 Å². The van der Waals surface area contributed by atoms with Crippen LogP contribution in [0.5, 0.6) is 5.75 Å². The van der Waals surface area contributed by atoms with E-state index in [1.54, 1.807) is 35.2 Å². The minimum atomic E-state index is -0.862. The van der Waals surface area contributed by atoms with Crippen LogP contribution in [0.4, 0.5) is 0 Å². The summed E-state index contributed by atoms with van der Waals surface area (Å²) < 4.78 is 5.81. The molecule has 1 saturated heterocycles. The summed E-state index contributed by atoms with van der Waals surface area (Å²) in [5, 5.41) is 9.71. The van der Waals surface area contributed by atoms with E-state index in [4.69, 9.17) is 21.4 Å². The molecule has 1 aliphatic heterocycles. The van der Waals surface area contributed by atoms with Crippen LogP contribution in [-0.4, -0.2) is 35.0 Å². The average molecular weight is 360 g/mol. The largest absolute Gasteiger partial charge is 0.488 e. The van der Waals surface area contributed by atoms with Crippen molar-refractivity contribution in [1.29, 1.82) is 0 Å². The van der Waals surface area contributed by atoms with Gasteiger partial charge in [0.15, 0.2) is 0 Å². The highest BCUT2D eigenvalue weighted by Crippen LogP contribution is 2.26. The van der Waals surface area contributed by atoms with E-state index in [-0.39, 0.29) is 19.1 Å². The number of carboxylic acids is 1. The second kappa shape index (κ2) is 7.57.